The maximum atomic E-state index is 10.8. The summed E-state index contributed by atoms with van der Waals surface area (Å²) in [5.74, 6) is 0.420. The van der Waals surface area contributed by atoms with E-state index in [1.165, 1.54) is 11.3 Å². The van der Waals surface area contributed by atoms with Crippen molar-refractivity contribution in [1.82, 2.24) is 4.98 Å². The van der Waals surface area contributed by atoms with Crippen LogP contribution in [0.3, 0.4) is 0 Å². The van der Waals surface area contributed by atoms with Gasteiger partial charge in [-0.05, 0) is 25.1 Å². The number of carboxylic acid groups (broad SMARTS) is 1. The highest BCUT2D eigenvalue weighted by atomic mass is 32.1. The number of nitrogens with zero attached hydrogens (tertiary/aromatic N) is 1. The molecule has 0 aliphatic carbocycles. The van der Waals surface area contributed by atoms with Gasteiger partial charge in [0.25, 0.3) is 0 Å². The standard InChI is InChI=1S/C14H15NO4S/c1-8-12(7-13(16)17)20-14(15-8)9-4-5-10(18-2)11(6-9)19-3/h4-6H,7H2,1-3H3,(H,16,17). The second-order valence-corrected chi connectivity index (χ2v) is 5.25. The van der Waals surface area contributed by atoms with Gasteiger partial charge in [0.1, 0.15) is 5.01 Å². The van der Waals surface area contributed by atoms with Crippen LogP contribution < -0.4 is 9.47 Å². The molecule has 0 atom stereocenters. The van der Waals surface area contributed by atoms with Crippen LogP contribution in [-0.2, 0) is 11.2 Å². The Morgan fingerprint density at radius 2 is 2.00 bits per heavy atom. The molecule has 6 heteroatoms. The lowest BCUT2D eigenvalue weighted by Gasteiger charge is -2.08. The van der Waals surface area contributed by atoms with E-state index in [0.29, 0.717) is 11.5 Å². The number of aliphatic carboxylic acids is 1. The Morgan fingerprint density at radius 1 is 1.30 bits per heavy atom. The Bertz CT molecular complexity index is 636. The van der Waals surface area contributed by atoms with Gasteiger partial charge >= 0.3 is 5.97 Å². The van der Waals surface area contributed by atoms with Gasteiger partial charge in [0.2, 0.25) is 0 Å². The average molecular weight is 293 g/mol. The van der Waals surface area contributed by atoms with Gasteiger partial charge in [-0.3, -0.25) is 4.79 Å². The Kier molecular flexibility index (Phi) is 4.24. The molecule has 2 aromatic rings. The van der Waals surface area contributed by atoms with Crippen molar-refractivity contribution < 1.29 is 19.4 Å². The SMILES string of the molecule is COc1ccc(-c2nc(C)c(CC(=O)O)s2)cc1OC. The fourth-order valence-electron chi connectivity index (χ4n) is 1.82. The zero-order chi connectivity index (χ0) is 14.7. The van der Waals surface area contributed by atoms with E-state index in [1.54, 1.807) is 14.2 Å². The van der Waals surface area contributed by atoms with Crippen molar-refractivity contribution in [1.29, 1.82) is 0 Å². The van der Waals surface area contributed by atoms with Gasteiger partial charge in [-0.2, -0.15) is 0 Å². The Hall–Kier alpha value is -2.08. The molecule has 1 heterocycles. The molecule has 0 saturated carbocycles. The quantitative estimate of drug-likeness (QED) is 0.918. The molecule has 0 unspecified atom stereocenters. The number of carbonyl (C=O) groups is 1. The van der Waals surface area contributed by atoms with Gasteiger partial charge in [-0.25, -0.2) is 4.98 Å². The number of aromatic nitrogens is 1. The third kappa shape index (κ3) is 2.91. The highest BCUT2D eigenvalue weighted by molar-refractivity contribution is 7.15. The van der Waals surface area contributed by atoms with E-state index in [2.05, 4.69) is 4.98 Å². The molecule has 0 aliphatic rings. The summed E-state index contributed by atoms with van der Waals surface area (Å²) in [6.45, 7) is 1.82. The topological polar surface area (TPSA) is 68.7 Å². The fourth-order valence-corrected chi connectivity index (χ4v) is 2.87. The molecule has 1 N–H and O–H groups in total. The van der Waals surface area contributed by atoms with Crippen LogP contribution in [0.25, 0.3) is 10.6 Å². The van der Waals surface area contributed by atoms with E-state index in [9.17, 15) is 4.79 Å². The van der Waals surface area contributed by atoms with Gasteiger partial charge < -0.3 is 14.6 Å². The van der Waals surface area contributed by atoms with Crippen molar-refractivity contribution in [2.75, 3.05) is 14.2 Å². The van der Waals surface area contributed by atoms with Gasteiger partial charge in [-0.1, -0.05) is 0 Å². The molecule has 0 radical (unpaired) electrons. The number of benzene rings is 1. The predicted octanol–water partition coefficient (Wildman–Crippen LogP) is 2.76. The molecule has 0 fully saturated rings. The third-order valence-electron chi connectivity index (χ3n) is 2.83. The molecule has 1 aromatic heterocycles. The number of rotatable bonds is 5. The minimum absolute atomic E-state index is 0.00318. The first-order chi connectivity index (χ1) is 9.55. The van der Waals surface area contributed by atoms with E-state index < -0.39 is 5.97 Å². The van der Waals surface area contributed by atoms with Crippen LogP contribution in [0, 0.1) is 6.92 Å². The lowest BCUT2D eigenvalue weighted by molar-refractivity contribution is -0.136. The maximum Gasteiger partial charge on any atom is 0.308 e. The van der Waals surface area contributed by atoms with Gasteiger partial charge in [0.15, 0.2) is 11.5 Å². The smallest absolute Gasteiger partial charge is 0.308 e. The summed E-state index contributed by atoms with van der Waals surface area (Å²) in [4.78, 5) is 16.0. The average Bonchev–Trinajstić information content (AvgIpc) is 2.78. The van der Waals surface area contributed by atoms with Crippen molar-refractivity contribution >= 4 is 17.3 Å². The molecule has 1 aromatic carbocycles. The van der Waals surface area contributed by atoms with Crippen molar-refractivity contribution in [2.24, 2.45) is 0 Å². The summed E-state index contributed by atoms with van der Waals surface area (Å²) < 4.78 is 10.4. The molecule has 20 heavy (non-hydrogen) atoms. The lowest BCUT2D eigenvalue weighted by atomic mass is 10.2. The number of carboxylic acids is 1. The molecule has 2 rings (SSSR count). The highest BCUT2D eigenvalue weighted by Gasteiger charge is 2.14. The molecule has 0 saturated heterocycles. The number of hydrogen-bond donors (Lipinski definition) is 1. The van der Waals surface area contributed by atoms with Gasteiger partial charge in [-0.15, -0.1) is 11.3 Å². The zero-order valence-electron chi connectivity index (χ0n) is 11.5. The summed E-state index contributed by atoms with van der Waals surface area (Å²) >= 11 is 1.39. The molecule has 0 bridgehead atoms. The summed E-state index contributed by atoms with van der Waals surface area (Å²) in [6, 6.07) is 5.52. The summed E-state index contributed by atoms with van der Waals surface area (Å²) in [5, 5.41) is 9.64. The molecule has 5 nitrogen and oxygen atoms in total. The van der Waals surface area contributed by atoms with E-state index >= 15 is 0 Å². The Balaban J connectivity index is 2.39. The first-order valence-electron chi connectivity index (χ1n) is 5.95. The van der Waals surface area contributed by atoms with E-state index in [-0.39, 0.29) is 6.42 Å². The molecular weight excluding hydrogens is 278 g/mol. The third-order valence-corrected chi connectivity index (χ3v) is 4.04. The van der Waals surface area contributed by atoms with Crippen LogP contribution in [-0.4, -0.2) is 30.3 Å². The van der Waals surface area contributed by atoms with E-state index in [4.69, 9.17) is 14.6 Å². The van der Waals surface area contributed by atoms with E-state index in [0.717, 1.165) is 21.1 Å². The lowest BCUT2D eigenvalue weighted by Crippen LogP contribution is -1.99. The fraction of sp³-hybridized carbons (Fsp3) is 0.286. The molecule has 0 aliphatic heterocycles. The predicted molar refractivity (Wildman–Crippen MR) is 76.7 cm³/mol. The number of methoxy groups -OCH3 is 2. The van der Waals surface area contributed by atoms with Crippen molar-refractivity contribution in [3.8, 4) is 22.1 Å². The summed E-state index contributed by atoms with van der Waals surface area (Å²) in [6.07, 6.45) is -0.00318. The summed E-state index contributed by atoms with van der Waals surface area (Å²) in [7, 11) is 3.15. The highest BCUT2D eigenvalue weighted by Crippen LogP contribution is 2.35. The minimum Gasteiger partial charge on any atom is -0.493 e. The normalized spacial score (nSPS) is 10.3. The van der Waals surface area contributed by atoms with E-state index in [1.807, 2.05) is 25.1 Å². The molecule has 0 spiro atoms. The van der Waals surface area contributed by atoms with Crippen LogP contribution in [0.5, 0.6) is 11.5 Å². The van der Waals surface area contributed by atoms with Gasteiger partial charge in [0.05, 0.1) is 26.3 Å². The number of ether oxygens (including phenoxy) is 2. The zero-order valence-corrected chi connectivity index (χ0v) is 12.3. The summed E-state index contributed by atoms with van der Waals surface area (Å²) in [5.41, 5.74) is 1.63. The van der Waals surface area contributed by atoms with Crippen molar-refractivity contribution in [2.45, 2.75) is 13.3 Å². The van der Waals surface area contributed by atoms with Crippen LogP contribution in [0.4, 0.5) is 0 Å². The second-order valence-electron chi connectivity index (χ2n) is 4.17. The number of aryl methyl sites for hydroxylation is 1. The molecule has 106 valence electrons. The van der Waals surface area contributed by atoms with Crippen LogP contribution in [0.15, 0.2) is 18.2 Å². The van der Waals surface area contributed by atoms with Gasteiger partial charge in [0, 0.05) is 10.4 Å². The monoisotopic (exact) mass is 293 g/mol. The van der Waals surface area contributed by atoms with Crippen LogP contribution in [0.2, 0.25) is 0 Å². The Morgan fingerprint density at radius 3 is 2.60 bits per heavy atom. The molecule has 0 amide bonds. The first-order valence-corrected chi connectivity index (χ1v) is 6.77. The van der Waals surface area contributed by atoms with Crippen LogP contribution in [0.1, 0.15) is 10.6 Å². The number of thiazole rings is 1. The van der Waals surface area contributed by atoms with Crippen molar-refractivity contribution in [3.63, 3.8) is 0 Å². The second kappa shape index (κ2) is 5.92. The number of hydrogen-bond acceptors (Lipinski definition) is 5. The first kappa shape index (κ1) is 14.3. The largest absolute Gasteiger partial charge is 0.493 e. The Labute approximate surface area is 120 Å². The van der Waals surface area contributed by atoms with Crippen molar-refractivity contribution in [3.05, 3.63) is 28.8 Å². The minimum atomic E-state index is -0.851. The molecular formula is C14H15NO4S. The van der Waals surface area contributed by atoms with Crippen LogP contribution >= 0.6 is 11.3 Å². The maximum absolute atomic E-state index is 10.8.